The van der Waals surface area contributed by atoms with Crippen LogP contribution in [-0.2, 0) is 12.3 Å². The Kier molecular flexibility index (Phi) is 20.7. The van der Waals surface area contributed by atoms with Gasteiger partial charge in [0.05, 0.1) is 12.3 Å². The Morgan fingerprint density at radius 2 is 0.333 bits per heavy atom. The maximum absolute atomic E-state index is 9.75. The van der Waals surface area contributed by atoms with Gasteiger partial charge in [-0.1, -0.05) is 133 Å². The highest BCUT2D eigenvalue weighted by atomic mass is 31.2. The van der Waals surface area contributed by atoms with Gasteiger partial charge >= 0.3 is 29.0 Å². The molecule has 0 nitrogen and oxygen atoms in total. The second-order valence-electron chi connectivity index (χ2n) is 13.7. The van der Waals surface area contributed by atoms with Gasteiger partial charge < -0.3 is 69.1 Å². The van der Waals surface area contributed by atoms with Crippen LogP contribution < -0.4 is 31.8 Å². The molecule has 0 spiro atoms. The maximum atomic E-state index is 9.75. The van der Waals surface area contributed by atoms with E-state index in [9.17, 15) is 69.1 Å². The van der Waals surface area contributed by atoms with Crippen molar-refractivity contribution < 1.29 is 69.1 Å². The fourth-order valence-electron chi connectivity index (χ4n) is 6.83. The summed E-state index contributed by atoms with van der Waals surface area (Å²) in [7, 11) is -27.9. The van der Waals surface area contributed by atoms with Crippen LogP contribution in [0.25, 0.3) is 0 Å². The van der Waals surface area contributed by atoms with Gasteiger partial charge in [0.25, 0.3) is 0 Å². The van der Waals surface area contributed by atoms with Crippen LogP contribution in [0.15, 0.2) is 206 Å². The van der Waals surface area contributed by atoms with Crippen molar-refractivity contribution in [3.05, 3.63) is 217 Å². The molecule has 0 saturated heterocycles. The van der Waals surface area contributed by atoms with Crippen LogP contribution in [0.5, 0.6) is 0 Å². The standard InChI is InChI=1S/C44H38P2.4BF4/c1-7-19-39(20-8-1)45(40-21-9-2-10-22-40,41-23-11-3-12-24-41)35-37-31-33-38(34-32-37)36-46(42-25-13-4-14-26-42,43-27-15-5-16-28-43)44-29-17-6-18-30-44;4*2-1(3,4)5/h1-34H,35-36H2;;;;/q+2;4*-1. The molecule has 7 aromatic rings. The Labute approximate surface area is 373 Å². The van der Waals surface area contributed by atoms with Gasteiger partial charge in [0, 0.05) is 0 Å². The molecule has 66 heavy (non-hydrogen) atoms. The molecule has 7 aromatic carbocycles. The molecule has 0 fully saturated rings. The molecule has 0 saturated carbocycles. The van der Waals surface area contributed by atoms with Gasteiger partial charge in [0.2, 0.25) is 0 Å². The third-order valence-electron chi connectivity index (χ3n) is 9.04. The summed E-state index contributed by atoms with van der Waals surface area (Å²) >= 11 is 0. The number of rotatable bonds is 10. The Hall–Kier alpha value is -5.46. The molecule has 0 aromatic heterocycles. The zero-order valence-corrected chi connectivity index (χ0v) is 36.1. The molecule has 0 radical (unpaired) electrons. The van der Waals surface area contributed by atoms with Crippen molar-refractivity contribution in [3.63, 3.8) is 0 Å². The van der Waals surface area contributed by atoms with Gasteiger partial charge in [-0.3, -0.25) is 0 Å². The minimum absolute atomic E-state index is 0.974. The van der Waals surface area contributed by atoms with Gasteiger partial charge in [0.15, 0.2) is 0 Å². The van der Waals surface area contributed by atoms with E-state index in [1.807, 2.05) is 0 Å². The summed E-state index contributed by atoms with van der Waals surface area (Å²) in [5, 5.41) is 8.49. The van der Waals surface area contributed by atoms with E-state index in [4.69, 9.17) is 0 Å². The summed E-state index contributed by atoms with van der Waals surface area (Å²) in [5.41, 5.74) is 2.74. The summed E-state index contributed by atoms with van der Waals surface area (Å²) in [5.74, 6) is 0. The molecule has 0 unspecified atom stereocenters. The van der Waals surface area contributed by atoms with Crippen LogP contribution in [0.2, 0.25) is 0 Å². The van der Waals surface area contributed by atoms with Crippen molar-refractivity contribution in [1.29, 1.82) is 0 Å². The number of benzene rings is 7. The smallest absolute Gasteiger partial charge is 0.418 e. The van der Waals surface area contributed by atoms with E-state index in [1.54, 1.807) is 0 Å². The van der Waals surface area contributed by atoms with Crippen molar-refractivity contribution in [2.24, 2.45) is 0 Å². The third kappa shape index (κ3) is 20.0. The number of halogens is 16. The Balaban J connectivity index is 0.000000487. The van der Waals surface area contributed by atoms with E-state index >= 15 is 0 Å². The van der Waals surface area contributed by atoms with Crippen molar-refractivity contribution >= 4 is 75.4 Å². The molecule has 0 heterocycles. The zero-order valence-electron chi connectivity index (χ0n) is 34.3. The van der Waals surface area contributed by atoms with E-state index in [2.05, 4.69) is 206 Å². The average Bonchev–Trinajstić information content (AvgIpc) is 3.25. The minimum Gasteiger partial charge on any atom is -0.418 e. The molecular weight excluding hydrogens is 938 g/mol. The van der Waals surface area contributed by atoms with E-state index in [0.29, 0.717) is 0 Å². The van der Waals surface area contributed by atoms with E-state index < -0.39 is 43.5 Å². The maximum Gasteiger partial charge on any atom is 0.673 e. The monoisotopic (exact) mass is 976 g/mol. The van der Waals surface area contributed by atoms with E-state index in [0.717, 1.165) is 12.3 Å². The number of hydrogen-bond acceptors (Lipinski definition) is 0. The molecular formula is C44H38B4F16P2-2. The van der Waals surface area contributed by atoms with Gasteiger partial charge in [0.1, 0.15) is 46.4 Å². The van der Waals surface area contributed by atoms with Crippen LogP contribution in [-0.4, -0.2) is 29.0 Å². The topological polar surface area (TPSA) is 0 Å². The van der Waals surface area contributed by atoms with Crippen molar-refractivity contribution in [2.75, 3.05) is 0 Å². The van der Waals surface area contributed by atoms with Crippen LogP contribution >= 0.6 is 14.5 Å². The lowest BCUT2D eigenvalue weighted by atomic mass is 10.2. The molecule has 0 atom stereocenters. The highest BCUT2D eigenvalue weighted by Gasteiger charge is 2.47. The lowest BCUT2D eigenvalue weighted by Gasteiger charge is -2.29. The van der Waals surface area contributed by atoms with Gasteiger partial charge in [-0.15, -0.1) is 0 Å². The quantitative estimate of drug-likeness (QED) is 0.0728. The fourth-order valence-corrected chi connectivity index (χ4v) is 15.3. The summed E-state index contributed by atoms with van der Waals surface area (Å²) in [6.07, 6.45) is 1.95. The van der Waals surface area contributed by atoms with Gasteiger partial charge in [-0.25, -0.2) is 0 Å². The highest BCUT2D eigenvalue weighted by Crippen LogP contribution is 2.60. The summed E-state index contributed by atoms with van der Waals surface area (Å²) in [6, 6.07) is 76.7. The molecule has 0 aliphatic rings. The predicted octanol–water partition coefficient (Wildman–Crippen LogP) is 13.9. The Morgan fingerprint density at radius 1 is 0.212 bits per heavy atom. The SMILES string of the molecule is F[B-](F)(F)F.F[B-](F)(F)F.F[B-](F)(F)F.F[B-](F)(F)F.c1ccc([P+](Cc2ccc(C[P+](c3ccccc3)(c3ccccc3)c3ccccc3)cc2)(c2ccccc2)c2ccccc2)cc1. The zero-order chi connectivity index (χ0) is 49.1. The molecule has 0 amide bonds. The predicted molar refractivity (Wildman–Crippen MR) is 245 cm³/mol. The fraction of sp³-hybridized carbons (Fsp3) is 0.0455. The third-order valence-corrected chi connectivity index (χ3v) is 17.8. The normalized spacial score (nSPS) is 11.8. The minimum atomic E-state index is -6.00. The van der Waals surface area contributed by atoms with Gasteiger partial charge in [-0.2, -0.15) is 0 Å². The summed E-state index contributed by atoms with van der Waals surface area (Å²) in [6.45, 7) is 0. The summed E-state index contributed by atoms with van der Waals surface area (Å²) < 4.78 is 156. The van der Waals surface area contributed by atoms with Crippen molar-refractivity contribution in [3.8, 4) is 0 Å². The average molecular weight is 976 g/mol. The summed E-state index contributed by atoms with van der Waals surface area (Å²) in [4.78, 5) is 0. The van der Waals surface area contributed by atoms with E-state index in [1.165, 1.54) is 43.0 Å². The first-order valence-electron chi connectivity index (χ1n) is 19.5. The molecule has 7 rings (SSSR count). The molecule has 0 N–H and O–H groups in total. The first-order valence-corrected chi connectivity index (χ1v) is 23.4. The first-order chi connectivity index (χ1) is 30.8. The van der Waals surface area contributed by atoms with Crippen LogP contribution in [0.3, 0.4) is 0 Å². The molecule has 0 aliphatic carbocycles. The van der Waals surface area contributed by atoms with Crippen molar-refractivity contribution in [1.82, 2.24) is 0 Å². The van der Waals surface area contributed by atoms with Crippen molar-refractivity contribution in [2.45, 2.75) is 12.3 Å². The molecule has 0 bridgehead atoms. The lowest BCUT2D eigenvalue weighted by Crippen LogP contribution is -2.32. The molecule has 350 valence electrons. The largest absolute Gasteiger partial charge is 0.673 e. The first kappa shape index (κ1) is 54.9. The second-order valence-corrected chi connectivity index (χ2v) is 20.7. The van der Waals surface area contributed by atoms with Gasteiger partial charge in [-0.05, 0) is 83.9 Å². The van der Waals surface area contributed by atoms with Crippen LogP contribution in [0, 0.1) is 0 Å². The Morgan fingerprint density at radius 3 is 0.455 bits per heavy atom. The molecule has 0 aliphatic heterocycles. The Bertz CT molecular complexity index is 1980. The number of hydrogen-bond donors (Lipinski definition) is 0. The lowest BCUT2D eigenvalue weighted by molar-refractivity contribution is 0.366. The van der Waals surface area contributed by atoms with E-state index in [-0.39, 0.29) is 0 Å². The van der Waals surface area contributed by atoms with Crippen LogP contribution in [0.4, 0.5) is 69.1 Å². The second kappa shape index (κ2) is 24.9. The molecule has 22 heteroatoms. The van der Waals surface area contributed by atoms with Crippen LogP contribution in [0.1, 0.15) is 11.1 Å². The highest BCUT2D eigenvalue weighted by molar-refractivity contribution is 7.95.